The number of fused-ring (bicyclic) bond motifs is 1. The van der Waals surface area contributed by atoms with Crippen LogP contribution in [0.4, 0.5) is 28.4 Å². The number of halogens is 4. The summed E-state index contributed by atoms with van der Waals surface area (Å²) < 4.78 is 54.6. The summed E-state index contributed by atoms with van der Waals surface area (Å²) in [6.07, 6.45) is -4.70. The number of aromatic nitrogens is 1. The zero-order valence-corrected chi connectivity index (χ0v) is 15.5. The van der Waals surface area contributed by atoms with Crippen LogP contribution in [0.5, 0.6) is 0 Å². The fourth-order valence-corrected chi connectivity index (χ4v) is 3.88. The van der Waals surface area contributed by atoms with Gasteiger partial charge in [-0.15, -0.1) is 0 Å². The first-order valence-electron chi connectivity index (χ1n) is 8.46. The van der Waals surface area contributed by atoms with E-state index in [9.17, 15) is 22.4 Å². The molecule has 0 spiro atoms. The lowest BCUT2D eigenvalue weighted by Crippen LogP contribution is -2.28. The second kappa shape index (κ2) is 7.29. The van der Waals surface area contributed by atoms with Gasteiger partial charge in [-0.1, -0.05) is 35.6 Å². The number of benzene rings is 3. The van der Waals surface area contributed by atoms with Gasteiger partial charge in [-0.3, -0.25) is 9.69 Å². The summed E-state index contributed by atoms with van der Waals surface area (Å²) in [6, 6.07) is 16.6. The molecule has 1 heterocycles. The molecule has 0 N–H and O–H groups in total. The molecule has 0 radical (unpaired) electrons. The summed E-state index contributed by atoms with van der Waals surface area (Å²) in [7, 11) is 0. The number of rotatable bonds is 3. The number of carbonyl (C=O) groups is 1. The second-order valence-corrected chi connectivity index (χ2v) is 7.13. The van der Waals surface area contributed by atoms with Crippen LogP contribution in [0.1, 0.15) is 15.9 Å². The highest BCUT2D eigenvalue weighted by Gasteiger charge is 2.37. The van der Waals surface area contributed by atoms with E-state index in [0.717, 1.165) is 45.2 Å². The van der Waals surface area contributed by atoms with Gasteiger partial charge in [0.25, 0.3) is 5.91 Å². The van der Waals surface area contributed by atoms with Gasteiger partial charge in [-0.05, 0) is 48.5 Å². The molecule has 0 unspecified atom stereocenters. The Morgan fingerprint density at radius 3 is 2.24 bits per heavy atom. The molecule has 1 aromatic heterocycles. The lowest BCUT2D eigenvalue weighted by atomic mass is 10.1. The van der Waals surface area contributed by atoms with Gasteiger partial charge in [0.2, 0.25) is 0 Å². The number of para-hydroxylation sites is 1. The first kappa shape index (κ1) is 19.1. The normalized spacial score (nSPS) is 11.6. The smallest absolute Gasteiger partial charge is 0.268 e. The molecule has 29 heavy (non-hydrogen) atoms. The molecule has 3 aromatic carbocycles. The number of alkyl halides is 3. The van der Waals surface area contributed by atoms with Crippen molar-refractivity contribution >= 4 is 38.3 Å². The quantitative estimate of drug-likeness (QED) is 0.361. The summed E-state index contributed by atoms with van der Waals surface area (Å²) >= 11 is 1.16. The minimum Gasteiger partial charge on any atom is -0.268 e. The zero-order valence-electron chi connectivity index (χ0n) is 14.7. The van der Waals surface area contributed by atoms with E-state index in [-0.39, 0.29) is 10.8 Å². The third kappa shape index (κ3) is 3.71. The van der Waals surface area contributed by atoms with E-state index in [0.29, 0.717) is 5.52 Å². The number of thiazole rings is 1. The summed E-state index contributed by atoms with van der Waals surface area (Å²) in [6.45, 7) is 0. The van der Waals surface area contributed by atoms with E-state index in [1.807, 2.05) is 0 Å². The van der Waals surface area contributed by atoms with Crippen LogP contribution in [0, 0.1) is 5.82 Å². The molecule has 4 aromatic rings. The largest absolute Gasteiger partial charge is 0.417 e. The molecule has 4 rings (SSSR count). The molecule has 146 valence electrons. The summed E-state index contributed by atoms with van der Waals surface area (Å²) in [4.78, 5) is 18.8. The van der Waals surface area contributed by atoms with Gasteiger partial charge in [0, 0.05) is 0 Å². The maximum atomic E-state index is 13.5. The highest BCUT2D eigenvalue weighted by Crippen LogP contribution is 2.37. The molecule has 8 heteroatoms. The zero-order chi connectivity index (χ0) is 20.6. The van der Waals surface area contributed by atoms with E-state index in [2.05, 4.69) is 4.98 Å². The molecule has 1 amide bonds. The maximum Gasteiger partial charge on any atom is 0.417 e. The van der Waals surface area contributed by atoms with Crippen molar-refractivity contribution in [1.82, 2.24) is 4.98 Å². The van der Waals surface area contributed by atoms with Gasteiger partial charge in [-0.25, -0.2) is 9.37 Å². The number of anilines is 2. The Balaban J connectivity index is 1.89. The van der Waals surface area contributed by atoms with E-state index in [1.165, 1.54) is 24.3 Å². The predicted octanol–water partition coefficient (Wildman–Crippen LogP) is 6.43. The molecule has 3 nitrogen and oxygen atoms in total. The number of nitrogens with zero attached hydrogens (tertiary/aromatic N) is 2. The van der Waals surface area contributed by atoms with Gasteiger partial charge in [0.1, 0.15) is 5.82 Å². The van der Waals surface area contributed by atoms with E-state index >= 15 is 0 Å². The van der Waals surface area contributed by atoms with Crippen molar-refractivity contribution in [1.29, 1.82) is 0 Å². The third-order valence-electron chi connectivity index (χ3n) is 4.22. The van der Waals surface area contributed by atoms with Crippen molar-refractivity contribution < 1.29 is 22.4 Å². The second-order valence-electron chi connectivity index (χ2n) is 6.12. The van der Waals surface area contributed by atoms with Gasteiger partial charge in [0.15, 0.2) is 5.13 Å². The van der Waals surface area contributed by atoms with Crippen LogP contribution >= 0.6 is 11.3 Å². The molecule has 0 aliphatic rings. The number of hydrogen-bond donors (Lipinski definition) is 0. The van der Waals surface area contributed by atoms with Crippen LogP contribution in [0.3, 0.4) is 0 Å². The summed E-state index contributed by atoms with van der Waals surface area (Å²) in [5.41, 5.74) is -0.731. The van der Waals surface area contributed by atoms with Crippen LogP contribution in [0.2, 0.25) is 0 Å². The van der Waals surface area contributed by atoms with E-state index in [1.54, 1.807) is 24.3 Å². The Hall–Kier alpha value is -3.26. The van der Waals surface area contributed by atoms with Crippen molar-refractivity contribution in [3.8, 4) is 0 Å². The van der Waals surface area contributed by atoms with Gasteiger partial charge in [-0.2, -0.15) is 13.2 Å². The summed E-state index contributed by atoms with van der Waals surface area (Å²) in [5, 5.41) is 0.194. The monoisotopic (exact) mass is 416 g/mol. The molecular formula is C21H12F4N2OS. The lowest BCUT2D eigenvalue weighted by Gasteiger charge is -2.22. The molecular weight excluding hydrogens is 404 g/mol. The topological polar surface area (TPSA) is 33.2 Å². The lowest BCUT2D eigenvalue weighted by molar-refractivity contribution is -0.137. The van der Waals surface area contributed by atoms with Crippen molar-refractivity contribution in [2.75, 3.05) is 4.90 Å². The van der Waals surface area contributed by atoms with E-state index in [4.69, 9.17) is 0 Å². The first-order chi connectivity index (χ1) is 13.8. The molecule has 0 saturated heterocycles. The van der Waals surface area contributed by atoms with Crippen molar-refractivity contribution in [2.45, 2.75) is 6.18 Å². The Kier molecular flexibility index (Phi) is 4.79. The van der Waals surface area contributed by atoms with Crippen LogP contribution in [0.15, 0.2) is 72.8 Å². The Morgan fingerprint density at radius 1 is 0.897 bits per heavy atom. The Labute approximate surface area is 166 Å². The van der Waals surface area contributed by atoms with Crippen molar-refractivity contribution in [2.24, 2.45) is 0 Å². The SMILES string of the molecule is O=C(c1ccccc1C(F)(F)F)N(c1ccc(F)cc1)c1nc2ccccc2s1. The Bertz CT molecular complexity index is 1150. The standard InChI is InChI=1S/C21H12F4N2OS/c22-13-9-11-14(12-10-13)27(20-26-17-7-3-4-8-18(17)29-20)19(28)15-5-1-2-6-16(15)21(23,24)25/h1-12H. The number of amides is 1. The third-order valence-corrected chi connectivity index (χ3v) is 5.25. The Morgan fingerprint density at radius 2 is 1.55 bits per heavy atom. The minimum absolute atomic E-state index is 0.194. The first-order valence-corrected chi connectivity index (χ1v) is 9.28. The molecule has 0 aliphatic heterocycles. The van der Waals surface area contributed by atoms with Gasteiger partial charge in [0.05, 0.1) is 27.0 Å². The number of hydrogen-bond acceptors (Lipinski definition) is 3. The molecule has 0 aliphatic carbocycles. The van der Waals surface area contributed by atoms with Gasteiger partial charge < -0.3 is 0 Å². The predicted molar refractivity (Wildman–Crippen MR) is 104 cm³/mol. The maximum absolute atomic E-state index is 13.5. The van der Waals surface area contributed by atoms with Crippen LogP contribution in [-0.4, -0.2) is 10.9 Å². The highest BCUT2D eigenvalue weighted by molar-refractivity contribution is 7.22. The van der Waals surface area contributed by atoms with Crippen molar-refractivity contribution in [3.63, 3.8) is 0 Å². The fourth-order valence-electron chi connectivity index (χ4n) is 2.90. The highest BCUT2D eigenvalue weighted by atomic mass is 32.1. The van der Waals surface area contributed by atoms with Crippen LogP contribution in [0.25, 0.3) is 10.2 Å². The number of carbonyl (C=O) groups excluding carboxylic acids is 1. The minimum atomic E-state index is -4.70. The van der Waals surface area contributed by atoms with Crippen LogP contribution < -0.4 is 4.90 Å². The average molecular weight is 416 g/mol. The fraction of sp³-hybridized carbons (Fsp3) is 0.0476. The molecule has 0 atom stereocenters. The van der Waals surface area contributed by atoms with E-state index < -0.39 is 29.0 Å². The summed E-state index contributed by atoms with van der Waals surface area (Å²) in [5.74, 6) is -1.43. The van der Waals surface area contributed by atoms with Gasteiger partial charge >= 0.3 is 6.18 Å². The van der Waals surface area contributed by atoms with Crippen LogP contribution in [-0.2, 0) is 6.18 Å². The van der Waals surface area contributed by atoms with Crippen molar-refractivity contribution in [3.05, 3.63) is 89.7 Å². The molecule has 0 bridgehead atoms. The molecule has 0 fully saturated rings. The average Bonchev–Trinajstić information content (AvgIpc) is 3.12. The molecule has 0 saturated carbocycles.